The summed E-state index contributed by atoms with van der Waals surface area (Å²) in [6, 6.07) is 13.9. The van der Waals surface area contributed by atoms with Crippen molar-refractivity contribution >= 4 is 35.0 Å². The number of amides is 1. The van der Waals surface area contributed by atoms with Crippen molar-refractivity contribution in [1.29, 1.82) is 0 Å². The summed E-state index contributed by atoms with van der Waals surface area (Å²) in [7, 11) is 0. The molecule has 0 aliphatic carbocycles. The van der Waals surface area contributed by atoms with Crippen LogP contribution in [-0.4, -0.2) is 11.0 Å². The van der Waals surface area contributed by atoms with Gasteiger partial charge in [0.05, 0.1) is 0 Å². The molecule has 2 rings (SSSR count). The van der Waals surface area contributed by atoms with E-state index in [1.54, 1.807) is 6.08 Å². The van der Waals surface area contributed by atoms with Gasteiger partial charge in [-0.15, -0.1) is 0 Å². The summed E-state index contributed by atoms with van der Waals surface area (Å²) in [6.07, 6.45) is 3.23. The first-order valence-corrected chi connectivity index (χ1v) is 7.79. The average Bonchev–Trinajstić information content (AvgIpc) is 2.49. The van der Waals surface area contributed by atoms with E-state index in [2.05, 4.69) is 16.7 Å². The molecule has 0 saturated heterocycles. The van der Waals surface area contributed by atoms with Crippen molar-refractivity contribution in [2.45, 2.75) is 20.8 Å². The normalized spacial score (nSPS) is 10.6. The zero-order valence-corrected chi connectivity index (χ0v) is 14.3. The fourth-order valence-corrected chi connectivity index (χ4v) is 2.32. The third kappa shape index (κ3) is 5.34. The number of benzene rings is 2. The van der Waals surface area contributed by atoms with Crippen molar-refractivity contribution in [3.8, 4) is 0 Å². The second-order valence-corrected chi connectivity index (χ2v) is 5.91. The highest BCUT2D eigenvalue weighted by Crippen LogP contribution is 2.15. The molecule has 23 heavy (non-hydrogen) atoms. The molecule has 0 unspecified atom stereocenters. The molecule has 0 aliphatic rings. The fraction of sp³-hybridized carbons (Fsp3) is 0.158. The molecule has 2 N–H and O–H groups in total. The summed E-state index contributed by atoms with van der Waals surface area (Å²) in [6.45, 7) is 6.06. The van der Waals surface area contributed by atoms with Gasteiger partial charge in [-0.1, -0.05) is 47.5 Å². The molecule has 2 aromatic rings. The Hall–Kier alpha value is -2.46. The molecule has 3 nitrogen and oxygen atoms in total. The number of aryl methyl sites for hydroxylation is 3. The van der Waals surface area contributed by atoms with Crippen LogP contribution < -0.4 is 10.6 Å². The second kappa shape index (κ2) is 7.70. The number of carbonyl (C=O) groups excluding carboxylic acids is 1. The lowest BCUT2D eigenvalue weighted by molar-refractivity contribution is -0.115. The van der Waals surface area contributed by atoms with Gasteiger partial charge in [0.15, 0.2) is 5.11 Å². The number of thiocarbonyl (C=S) groups is 1. The molecule has 0 bridgehead atoms. The third-order valence-corrected chi connectivity index (χ3v) is 3.58. The standard InChI is InChI=1S/C19H20N2OS/c1-13-4-7-16(8-5-13)9-11-18(22)21-19(23)20-17-10-6-14(2)12-15(17)3/h4-12H,1-3H3,(H2,20,21,22,23). The van der Waals surface area contributed by atoms with E-state index in [4.69, 9.17) is 12.2 Å². The van der Waals surface area contributed by atoms with E-state index in [-0.39, 0.29) is 11.0 Å². The Morgan fingerprint density at radius 1 is 1.00 bits per heavy atom. The SMILES string of the molecule is Cc1ccc(C=CC(=O)NC(=S)Nc2ccc(C)cc2C)cc1. The van der Waals surface area contributed by atoms with Gasteiger partial charge in [-0.3, -0.25) is 10.1 Å². The van der Waals surface area contributed by atoms with Gasteiger partial charge in [-0.05, 0) is 56.3 Å². The smallest absolute Gasteiger partial charge is 0.250 e. The third-order valence-electron chi connectivity index (χ3n) is 3.37. The predicted octanol–water partition coefficient (Wildman–Crippen LogP) is 4.14. The lowest BCUT2D eigenvalue weighted by Gasteiger charge is -2.11. The van der Waals surface area contributed by atoms with Crippen LogP contribution in [0, 0.1) is 20.8 Å². The van der Waals surface area contributed by atoms with Gasteiger partial charge in [0.2, 0.25) is 5.91 Å². The summed E-state index contributed by atoms with van der Waals surface area (Å²) in [5.74, 6) is -0.257. The Bertz CT molecular complexity index is 748. The molecule has 4 heteroatoms. The number of rotatable bonds is 3. The fourth-order valence-electron chi connectivity index (χ4n) is 2.11. The number of hydrogen-bond acceptors (Lipinski definition) is 2. The quantitative estimate of drug-likeness (QED) is 0.658. The predicted molar refractivity (Wildman–Crippen MR) is 100 cm³/mol. The zero-order chi connectivity index (χ0) is 16.8. The van der Waals surface area contributed by atoms with Crippen LogP contribution in [0.4, 0.5) is 5.69 Å². The van der Waals surface area contributed by atoms with E-state index in [1.165, 1.54) is 17.2 Å². The van der Waals surface area contributed by atoms with Crippen LogP contribution in [0.5, 0.6) is 0 Å². The number of nitrogens with one attached hydrogen (secondary N) is 2. The minimum absolute atomic E-state index is 0.257. The summed E-state index contributed by atoms with van der Waals surface area (Å²) < 4.78 is 0. The van der Waals surface area contributed by atoms with Crippen molar-refractivity contribution in [2.75, 3.05) is 5.32 Å². The second-order valence-electron chi connectivity index (χ2n) is 5.51. The molecular weight excluding hydrogens is 304 g/mol. The highest BCUT2D eigenvalue weighted by molar-refractivity contribution is 7.80. The molecule has 1 amide bonds. The minimum atomic E-state index is -0.257. The molecule has 0 fully saturated rings. The first-order chi connectivity index (χ1) is 10.9. The molecule has 0 heterocycles. The first kappa shape index (κ1) is 16.9. The van der Waals surface area contributed by atoms with Crippen molar-refractivity contribution in [2.24, 2.45) is 0 Å². The van der Waals surface area contributed by atoms with Gasteiger partial charge in [-0.2, -0.15) is 0 Å². The monoisotopic (exact) mass is 324 g/mol. The van der Waals surface area contributed by atoms with Gasteiger partial charge < -0.3 is 5.32 Å². The van der Waals surface area contributed by atoms with Crippen LogP contribution in [0.15, 0.2) is 48.5 Å². The molecule has 0 radical (unpaired) electrons. The molecule has 0 spiro atoms. The van der Waals surface area contributed by atoms with Gasteiger partial charge in [0, 0.05) is 11.8 Å². The highest BCUT2D eigenvalue weighted by Gasteiger charge is 2.04. The average molecular weight is 324 g/mol. The first-order valence-electron chi connectivity index (χ1n) is 7.38. The van der Waals surface area contributed by atoms with E-state index in [0.717, 1.165) is 16.8 Å². The maximum atomic E-state index is 11.9. The molecular formula is C19H20N2OS. The molecule has 0 aromatic heterocycles. The van der Waals surface area contributed by atoms with Gasteiger partial charge >= 0.3 is 0 Å². The molecule has 0 atom stereocenters. The Morgan fingerprint density at radius 3 is 2.30 bits per heavy atom. The van der Waals surface area contributed by atoms with E-state index in [9.17, 15) is 4.79 Å². The minimum Gasteiger partial charge on any atom is -0.332 e. The van der Waals surface area contributed by atoms with Crippen LogP contribution in [0.25, 0.3) is 6.08 Å². The van der Waals surface area contributed by atoms with Crippen LogP contribution in [0.2, 0.25) is 0 Å². The van der Waals surface area contributed by atoms with Gasteiger partial charge in [0.1, 0.15) is 0 Å². The van der Waals surface area contributed by atoms with Crippen molar-refractivity contribution in [1.82, 2.24) is 5.32 Å². The Morgan fingerprint density at radius 2 is 1.65 bits per heavy atom. The van der Waals surface area contributed by atoms with Crippen molar-refractivity contribution in [3.05, 3.63) is 70.8 Å². The summed E-state index contributed by atoms with van der Waals surface area (Å²) in [4.78, 5) is 11.9. The molecule has 118 valence electrons. The molecule has 0 saturated carbocycles. The van der Waals surface area contributed by atoms with Crippen LogP contribution in [0.1, 0.15) is 22.3 Å². The van der Waals surface area contributed by atoms with E-state index in [1.807, 2.05) is 57.2 Å². The lowest BCUT2D eigenvalue weighted by atomic mass is 10.1. The number of hydrogen-bond donors (Lipinski definition) is 2. The largest absolute Gasteiger partial charge is 0.332 e. The van der Waals surface area contributed by atoms with E-state index >= 15 is 0 Å². The topological polar surface area (TPSA) is 41.1 Å². The molecule has 2 aromatic carbocycles. The summed E-state index contributed by atoms with van der Waals surface area (Å²) in [5, 5.41) is 5.97. The maximum absolute atomic E-state index is 11.9. The van der Waals surface area contributed by atoms with Gasteiger partial charge in [0.25, 0.3) is 0 Å². The van der Waals surface area contributed by atoms with Gasteiger partial charge in [-0.25, -0.2) is 0 Å². The maximum Gasteiger partial charge on any atom is 0.250 e. The van der Waals surface area contributed by atoms with Crippen LogP contribution >= 0.6 is 12.2 Å². The van der Waals surface area contributed by atoms with E-state index in [0.29, 0.717) is 0 Å². The number of carbonyl (C=O) groups is 1. The van der Waals surface area contributed by atoms with E-state index < -0.39 is 0 Å². The zero-order valence-electron chi connectivity index (χ0n) is 13.5. The molecule has 0 aliphatic heterocycles. The van der Waals surface area contributed by atoms with Crippen LogP contribution in [-0.2, 0) is 4.79 Å². The summed E-state index contributed by atoms with van der Waals surface area (Å²) in [5.41, 5.74) is 5.31. The Kier molecular flexibility index (Phi) is 5.66. The highest BCUT2D eigenvalue weighted by atomic mass is 32.1. The van der Waals surface area contributed by atoms with Crippen molar-refractivity contribution < 1.29 is 4.79 Å². The summed E-state index contributed by atoms with van der Waals surface area (Å²) >= 11 is 5.18. The number of anilines is 1. The van der Waals surface area contributed by atoms with Crippen LogP contribution in [0.3, 0.4) is 0 Å². The lowest BCUT2D eigenvalue weighted by Crippen LogP contribution is -2.33. The Balaban J connectivity index is 1.91. The Labute approximate surface area is 142 Å². The van der Waals surface area contributed by atoms with Crippen molar-refractivity contribution in [3.63, 3.8) is 0 Å².